The van der Waals surface area contributed by atoms with Crippen molar-refractivity contribution in [3.8, 4) is 0 Å². The standard InChI is InChI=1S/C12H16N2O2S3/c1-9-8-14(6-7-18-9)19(15,16)11-4-2-10(3-5-11)12(13)17/h2-5,9H,6-8H2,1H3,(H2,13,17). The molecule has 1 aliphatic heterocycles. The number of nitrogens with two attached hydrogens (primary N) is 1. The maximum atomic E-state index is 12.5. The molecule has 1 aromatic carbocycles. The van der Waals surface area contributed by atoms with Gasteiger partial charge in [-0.05, 0) is 12.1 Å². The molecule has 0 amide bonds. The van der Waals surface area contributed by atoms with Crippen molar-refractivity contribution in [3.05, 3.63) is 29.8 Å². The van der Waals surface area contributed by atoms with E-state index in [0.29, 0.717) is 28.8 Å². The Morgan fingerprint density at radius 3 is 2.58 bits per heavy atom. The van der Waals surface area contributed by atoms with E-state index in [0.717, 1.165) is 5.75 Å². The second-order valence-corrected chi connectivity index (χ2v) is 8.36. The summed E-state index contributed by atoms with van der Waals surface area (Å²) in [4.78, 5) is 0.568. The number of thiocarbonyl (C=S) groups is 1. The van der Waals surface area contributed by atoms with Crippen molar-refractivity contribution < 1.29 is 8.42 Å². The van der Waals surface area contributed by atoms with E-state index in [1.54, 1.807) is 40.3 Å². The van der Waals surface area contributed by atoms with E-state index in [9.17, 15) is 8.42 Å². The molecule has 1 unspecified atom stereocenters. The molecule has 0 spiro atoms. The van der Waals surface area contributed by atoms with Gasteiger partial charge in [0.2, 0.25) is 10.0 Å². The number of hydrogen-bond acceptors (Lipinski definition) is 4. The molecule has 4 nitrogen and oxygen atoms in total. The van der Waals surface area contributed by atoms with Crippen LogP contribution in [0.5, 0.6) is 0 Å². The lowest BCUT2D eigenvalue weighted by molar-refractivity contribution is 0.424. The first-order chi connectivity index (χ1) is 8.91. The molecule has 1 aromatic rings. The third kappa shape index (κ3) is 3.28. The summed E-state index contributed by atoms with van der Waals surface area (Å²) < 4.78 is 26.5. The molecule has 19 heavy (non-hydrogen) atoms. The van der Waals surface area contributed by atoms with Gasteiger partial charge in [0.05, 0.1) is 4.90 Å². The normalized spacial score (nSPS) is 21.2. The second-order valence-electron chi connectivity index (χ2n) is 4.43. The number of nitrogens with zero attached hydrogens (tertiary/aromatic N) is 1. The molecule has 2 rings (SSSR count). The highest BCUT2D eigenvalue weighted by Crippen LogP contribution is 2.24. The van der Waals surface area contributed by atoms with Crippen molar-refractivity contribution in [2.75, 3.05) is 18.8 Å². The van der Waals surface area contributed by atoms with Gasteiger partial charge in [0.15, 0.2) is 0 Å². The Kier molecular flexibility index (Phi) is 4.50. The average Bonchev–Trinajstić information content (AvgIpc) is 2.39. The van der Waals surface area contributed by atoms with Gasteiger partial charge < -0.3 is 5.73 Å². The van der Waals surface area contributed by atoms with Gasteiger partial charge in [-0.1, -0.05) is 31.3 Å². The maximum absolute atomic E-state index is 12.5. The molecular weight excluding hydrogens is 300 g/mol. The molecule has 0 aromatic heterocycles. The summed E-state index contributed by atoms with van der Waals surface area (Å²) in [6.45, 7) is 3.17. The van der Waals surface area contributed by atoms with Gasteiger partial charge in [-0.3, -0.25) is 0 Å². The van der Waals surface area contributed by atoms with Crippen LogP contribution in [0.1, 0.15) is 12.5 Å². The van der Waals surface area contributed by atoms with Crippen molar-refractivity contribution in [1.29, 1.82) is 0 Å². The lowest BCUT2D eigenvalue weighted by atomic mass is 10.2. The van der Waals surface area contributed by atoms with E-state index < -0.39 is 10.0 Å². The first kappa shape index (κ1) is 14.8. The fraction of sp³-hybridized carbons (Fsp3) is 0.417. The second kappa shape index (κ2) is 5.78. The van der Waals surface area contributed by atoms with Gasteiger partial charge in [-0.25, -0.2) is 8.42 Å². The molecule has 2 N–H and O–H groups in total. The lowest BCUT2D eigenvalue weighted by Crippen LogP contribution is -2.40. The van der Waals surface area contributed by atoms with Crippen LogP contribution in [-0.2, 0) is 10.0 Å². The fourth-order valence-corrected chi connectivity index (χ4v) is 4.83. The van der Waals surface area contributed by atoms with Crippen LogP contribution < -0.4 is 5.73 Å². The zero-order valence-corrected chi connectivity index (χ0v) is 13.0. The quantitative estimate of drug-likeness (QED) is 0.855. The number of thioether (sulfide) groups is 1. The molecule has 1 fully saturated rings. The van der Waals surface area contributed by atoms with Crippen molar-refractivity contribution in [2.24, 2.45) is 5.73 Å². The smallest absolute Gasteiger partial charge is 0.243 e. The van der Waals surface area contributed by atoms with Gasteiger partial charge >= 0.3 is 0 Å². The van der Waals surface area contributed by atoms with E-state index in [1.807, 2.05) is 6.92 Å². The first-order valence-corrected chi connectivity index (χ1v) is 8.82. The largest absolute Gasteiger partial charge is 0.389 e. The summed E-state index contributed by atoms with van der Waals surface area (Å²) in [6.07, 6.45) is 0. The van der Waals surface area contributed by atoms with Crippen molar-refractivity contribution in [2.45, 2.75) is 17.1 Å². The minimum Gasteiger partial charge on any atom is -0.389 e. The van der Waals surface area contributed by atoms with E-state index in [4.69, 9.17) is 18.0 Å². The monoisotopic (exact) mass is 316 g/mol. The lowest BCUT2D eigenvalue weighted by Gasteiger charge is -2.29. The molecule has 0 radical (unpaired) electrons. The van der Waals surface area contributed by atoms with Gasteiger partial charge in [0.1, 0.15) is 4.99 Å². The first-order valence-electron chi connectivity index (χ1n) is 5.93. The van der Waals surface area contributed by atoms with E-state index in [1.165, 1.54) is 0 Å². The highest BCUT2D eigenvalue weighted by molar-refractivity contribution is 8.00. The molecule has 1 atom stereocenters. The zero-order chi connectivity index (χ0) is 14.0. The highest BCUT2D eigenvalue weighted by atomic mass is 32.2. The Labute approximate surface area is 123 Å². The molecule has 1 saturated heterocycles. The number of sulfonamides is 1. The Morgan fingerprint density at radius 2 is 2.05 bits per heavy atom. The van der Waals surface area contributed by atoms with Gasteiger partial charge in [-0.2, -0.15) is 16.1 Å². The van der Waals surface area contributed by atoms with Crippen LogP contribution in [-0.4, -0.2) is 41.8 Å². The van der Waals surface area contributed by atoms with Gasteiger partial charge in [-0.15, -0.1) is 0 Å². The molecule has 104 valence electrons. The molecular formula is C12H16N2O2S3. The van der Waals surface area contributed by atoms with Crippen LogP contribution in [0.15, 0.2) is 29.2 Å². The molecule has 1 heterocycles. The van der Waals surface area contributed by atoms with Crippen LogP contribution in [0.2, 0.25) is 0 Å². The van der Waals surface area contributed by atoms with Crippen molar-refractivity contribution >= 4 is 39.0 Å². The Bertz CT molecular complexity index is 569. The number of hydrogen-bond donors (Lipinski definition) is 1. The Balaban J connectivity index is 2.26. The highest BCUT2D eigenvalue weighted by Gasteiger charge is 2.28. The van der Waals surface area contributed by atoms with Crippen LogP contribution in [0, 0.1) is 0 Å². The van der Waals surface area contributed by atoms with Crippen LogP contribution >= 0.6 is 24.0 Å². The molecule has 7 heteroatoms. The van der Waals surface area contributed by atoms with E-state index >= 15 is 0 Å². The topological polar surface area (TPSA) is 63.4 Å². The minimum absolute atomic E-state index is 0.270. The molecule has 0 bridgehead atoms. The van der Waals surface area contributed by atoms with Crippen molar-refractivity contribution in [3.63, 3.8) is 0 Å². The maximum Gasteiger partial charge on any atom is 0.243 e. The van der Waals surface area contributed by atoms with Crippen LogP contribution in [0.4, 0.5) is 0 Å². The van der Waals surface area contributed by atoms with E-state index in [-0.39, 0.29) is 4.99 Å². The van der Waals surface area contributed by atoms with Crippen LogP contribution in [0.3, 0.4) is 0 Å². The van der Waals surface area contributed by atoms with Gasteiger partial charge in [0, 0.05) is 29.7 Å². The van der Waals surface area contributed by atoms with E-state index in [2.05, 4.69) is 0 Å². The average molecular weight is 316 g/mol. The molecule has 0 saturated carbocycles. The summed E-state index contributed by atoms with van der Waals surface area (Å²) in [5.41, 5.74) is 6.18. The predicted molar refractivity (Wildman–Crippen MR) is 83.0 cm³/mol. The SMILES string of the molecule is CC1CN(S(=O)(=O)c2ccc(C(N)=S)cc2)CCS1. The third-order valence-electron chi connectivity index (χ3n) is 2.98. The summed E-state index contributed by atoms with van der Waals surface area (Å²) in [5, 5.41) is 0.333. The zero-order valence-electron chi connectivity index (χ0n) is 10.6. The summed E-state index contributed by atoms with van der Waals surface area (Å²) in [5.74, 6) is 0.839. The molecule has 0 aliphatic carbocycles. The number of rotatable bonds is 3. The van der Waals surface area contributed by atoms with Gasteiger partial charge in [0.25, 0.3) is 0 Å². The summed E-state index contributed by atoms with van der Waals surface area (Å²) >= 11 is 6.65. The summed E-state index contributed by atoms with van der Waals surface area (Å²) in [7, 11) is -3.40. The van der Waals surface area contributed by atoms with Crippen LogP contribution in [0.25, 0.3) is 0 Å². The third-order valence-corrected chi connectivity index (χ3v) is 6.23. The number of benzene rings is 1. The predicted octanol–water partition coefficient (Wildman–Crippen LogP) is 1.45. The Morgan fingerprint density at radius 1 is 1.42 bits per heavy atom. The summed E-state index contributed by atoms with van der Waals surface area (Å²) in [6, 6.07) is 6.43. The fourth-order valence-electron chi connectivity index (χ4n) is 1.95. The minimum atomic E-state index is -3.40. The Hall–Kier alpha value is -0.630. The molecule has 1 aliphatic rings. The van der Waals surface area contributed by atoms with Crippen molar-refractivity contribution in [1.82, 2.24) is 4.31 Å².